The van der Waals surface area contributed by atoms with Crippen molar-refractivity contribution in [2.45, 2.75) is 37.6 Å². The summed E-state index contributed by atoms with van der Waals surface area (Å²) in [5.41, 5.74) is -0.511. The molecule has 1 saturated carbocycles. The molecule has 2 aliphatic rings. The van der Waals surface area contributed by atoms with Gasteiger partial charge in [-0.3, -0.25) is 4.79 Å². The molecule has 126 valence electrons. The SMILES string of the molecule is COc1cc(O)c2c(c1)C(=O)[C@H]1C[C@](C)(O)[C@H](O)C[C@@H]1[C@@H]2OC. The average Bonchev–Trinajstić information content (AvgIpc) is 2.50. The van der Waals surface area contributed by atoms with Crippen LogP contribution in [-0.2, 0) is 4.74 Å². The van der Waals surface area contributed by atoms with Crippen LogP contribution >= 0.6 is 0 Å². The van der Waals surface area contributed by atoms with E-state index in [4.69, 9.17) is 9.47 Å². The molecule has 0 bridgehead atoms. The number of ketones is 1. The number of aromatic hydroxyl groups is 1. The van der Waals surface area contributed by atoms with Crippen molar-refractivity contribution in [3.05, 3.63) is 23.3 Å². The van der Waals surface area contributed by atoms with Crippen LogP contribution in [0.5, 0.6) is 11.5 Å². The Kier molecular flexibility index (Phi) is 3.86. The van der Waals surface area contributed by atoms with E-state index in [9.17, 15) is 20.1 Å². The molecule has 1 aromatic rings. The summed E-state index contributed by atoms with van der Waals surface area (Å²) in [6.45, 7) is 1.54. The van der Waals surface area contributed by atoms with E-state index in [2.05, 4.69) is 0 Å². The number of phenolic OH excluding ortho intramolecular Hbond substituents is 1. The number of fused-ring (bicyclic) bond motifs is 2. The molecule has 0 unspecified atom stereocenters. The molecule has 6 nitrogen and oxygen atoms in total. The number of methoxy groups -OCH3 is 2. The molecule has 0 aliphatic heterocycles. The summed E-state index contributed by atoms with van der Waals surface area (Å²) in [4.78, 5) is 12.9. The second-order valence-corrected chi connectivity index (χ2v) is 6.71. The van der Waals surface area contributed by atoms with Crippen LogP contribution in [0.2, 0.25) is 0 Å². The lowest BCUT2D eigenvalue weighted by atomic mass is 9.62. The van der Waals surface area contributed by atoms with Gasteiger partial charge in [-0.05, 0) is 25.8 Å². The van der Waals surface area contributed by atoms with E-state index in [-0.39, 0.29) is 30.3 Å². The number of hydrogen-bond donors (Lipinski definition) is 3. The molecule has 0 radical (unpaired) electrons. The summed E-state index contributed by atoms with van der Waals surface area (Å²) < 4.78 is 10.7. The Balaban J connectivity index is 2.13. The molecule has 0 amide bonds. The van der Waals surface area contributed by atoms with Crippen molar-refractivity contribution < 1.29 is 29.6 Å². The van der Waals surface area contributed by atoms with E-state index in [0.717, 1.165) is 0 Å². The van der Waals surface area contributed by atoms with Crippen molar-refractivity contribution >= 4 is 5.78 Å². The lowest BCUT2D eigenvalue weighted by molar-refractivity contribution is -0.133. The average molecular weight is 322 g/mol. The normalized spacial score (nSPS) is 36.3. The van der Waals surface area contributed by atoms with E-state index >= 15 is 0 Å². The third-order valence-corrected chi connectivity index (χ3v) is 5.26. The predicted molar refractivity (Wildman–Crippen MR) is 81.6 cm³/mol. The van der Waals surface area contributed by atoms with Crippen molar-refractivity contribution in [2.75, 3.05) is 14.2 Å². The summed E-state index contributed by atoms with van der Waals surface area (Å²) in [7, 11) is 2.98. The molecule has 5 atom stereocenters. The van der Waals surface area contributed by atoms with E-state index in [1.165, 1.54) is 20.3 Å². The van der Waals surface area contributed by atoms with Crippen molar-refractivity contribution in [3.63, 3.8) is 0 Å². The monoisotopic (exact) mass is 322 g/mol. The summed E-state index contributed by atoms with van der Waals surface area (Å²) in [5.74, 6) is -0.554. The number of aliphatic hydroxyl groups is 2. The first-order chi connectivity index (χ1) is 10.8. The largest absolute Gasteiger partial charge is 0.507 e. The van der Waals surface area contributed by atoms with Gasteiger partial charge in [0.1, 0.15) is 11.5 Å². The van der Waals surface area contributed by atoms with Gasteiger partial charge in [-0.2, -0.15) is 0 Å². The molecule has 0 saturated heterocycles. The van der Waals surface area contributed by atoms with Crippen LogP contribution < -0.4 is 4.74 Å². The van der Waals surface area contributed by atoms with Crippen LogP contribution in [-0.4, -0.2) is 47.0 Å². The second-order valence-electron chi connectivity index (χ2n) is 6.71. The molecule has 0 aromatic heterocycles. The molecule has 2 aliphatic carbocycles. The van der Waals surface area contributed by atoms with E-state index in [1.807, 2.05) is 0 Å². The quantitative estimate of drug-likeness (QED) is 0.762. The lowest BCUT2D eigenvalue weighted by Gasteiger charge is -2.47. The minimum atomic E-state index is -1.31. The van der Waals surface area contributed by atoms with Gasteiger partial charge < -0.3 is 24.8 Å². The van der Waals surface area contributed by atoms with E-state index < -0.39 is 23.7 Å². The summed E-state index contributed by atoms with van der Waals surface area (Å²) in [5, 5.41) is 30.8. The Labute approximate surface area is 134 Å². The van der Waals surface area contributed by atoms with Gasteiger partial charge >= 0.3 is 0 Å². The summed E-state index contributed by atoms with van der Waals surface area (Å²) >= 11 is 0. The van der Waals surface area contributed by atoms with Crippen molar-refractivity contribution in [3.8, 4) is 11.5 Å². The number of Topliss-reactive ketones (excluding diaryl/α,β-unsaturated/α-hetero) is 1. The zero-order valence-electron chi connectivity index (χ0n) is 13.4. The lowest BCUT2D eigenvalue weighted by Crippen LogP contribution is -2.53. The highest BCUT2D eigenvalue weighted by atomic mass is 16.5. The van der Waals surface area contributed by atoms with Crippen molar-refractivity contribution in [2.24, 2.45) is 11.8 Å². The Morgan fingerprint density at radius 1 is 1.30 bits per heavy atom. The third-order valence-electron chi connectivity index (χ3n) is 5.26. The number of phenols is 1. The molecule has 0 spiro atoms. The maximum Gasteiger partial charge on any atom is 0.167 e. The molecule has 3 N–H and O–H groups in total. The Hall–Kier alpha value is -1.63. The highest BCUT2D eigenvalue weighted by Crippen LogP contribution is 2.52. The molecular formula is C17H22O6. The number of hydrogen-bond acceptors (Lipinski definition) is 6. The summed E-state index contributed by atoms with van der Waals surface area (Å²) in [6.07, 6.45) is -1.04. The van der Waals surface area contributed by atoms with Gasteiger partial charge in [0.2, 0.25) is 0 Å². The molecule has 3 rings (SSSR count). The molecule has 6 heteroatoms. The van der Waals surface area contributed by atoms with Gasteiger partial charge in [-0.25, -0.2) is 0 Å². The summed E-state index contributed by atoms with van der Waals surface area (Å²) in [6, 6.07) is 3.05. The highest BCUT2D eigenvalue weighted by Gasteiger charge is 2.52. The van der Waals surface area contributed by atoms with Crippen LogP contribution in [0.3, 0.4) is 0 Å². The standard InChI is InChI=1S/C17H22O6/c1-17(21)7-11-9(6-13(17)19)16(23-3)14-10(15(11)20)4-8(22-2)5-12(14)18/h4-5,9,11,13,16,18-19,21H,6-7H2,1-3H3/t9-,11-,13+,16-,17-/m0/s1. The number of benzene rings is 1. The van der Waals surface area contributed by atoms with Crippen LogP contribution in [0.4, 0.5) is 0 Å². The first-order valence-corrected chi connectivity index (χ1v) is 7.68. The predicted octanol–water partition coefficient (Wildman–Crippen LogP) is 1.42. The van der Waals surface area contributed by atoms with Crippen molar-refractivity contribution in [1.29, 1.82) is 0 Å². The smallest absolute Gasteiger partial charge is 0.167 e. The maximum absolute atomic E-state index is 12.9. The zero-order valence-corrected chi connectivity index (χ0v) is 13.4. The van der Waals surface area contributed by atoms with Gasteiger partial charge in [0.15, 0.2) is 5.78 Å². The Morgan fingerprint density at radius 2 is 2.00 bits per heavy atom. The minimum Gasteiger partial charge on any atom is -0.507 e. The van der Waals surface area contributed by atoms with Crippen LogP contribution in [0.25, 0.3) is 0 Å². The first kappa shape index (κ1) is 16.2. The Bertz CT molecular complexity index is 638. The van der Waals surface area contributed by atoms with Gasteiger partial charge in [0, 0.05) is 36.1 Å². The van der Waals surface area contributed by atoms with Crippen LogP contribution in [0.15, 0.2) is 12.1 Å². The number of carbonyl (C=O) groups is 1. The maximum atomic E-state index is 12.9. The van der Waals surface area contributed by atoms with E-state index in [1.54, 1.807) is 13.0 Å². The van der Waals surface area contributed by atoms with Crippen LogP contribution in [0, 0.1) is 11.8 Å². The topological polar surface area (TPSA) is 96.2 Å². The fourth-order valence-corrected chi connectivity index (χ4v) is 3.97. The minimum absolute atomic E-state index is 0.0511. The molecule has 0 heterocycles. The van der Waals surface area contributed by atoms with Gasteiger partial charge in [-0.1, -0.05) is 0 Å². The Morgan fingerprint density at radius 3 is 2.61 bits per heavy atom. The molecule has 1 fully saturated rings. The van der Waals surface area contributed by atoms with Crippen molar-refractivity contribution in [1.82, 2.24) is 0 Å². The molecule has 23 heavy (non-hydrogen) atoms. The van der Waals surface area contributed by atoms with E-state index in [0.29, 0.717) is 16.9 Å². The van der Waals surface area contributed by atoms with Crippen LogP contribution in [0.1, 0.15) is 41.8 Å². The third kappa shape index (κ3) is 2.41. The fourth-order valence-electron chi connectivity index (χ4n) is 3.97. The molecule has 1 aromatic carbocycles. The number of ether oxygens (including phenoxy) is 2. The van der Waals surface area contributed by atoms with Gasteiger partial charge in [0.05, 0.1) is 24.9 Å². The zero-order chi connectivity index (χ0) is 16.9. The fraction of sp³-hybridized carbons (Fsp3) is 0.588. The number of carbonyl (C=O) groups excluding carboxylic acids is 1. The first-order valence-electron chi connectivity index (χ1n) is 7.68. The second kappa shape index (κ2) is 5.47. The van der Waals surface area contributed by atoms with Gasteiger partial charge in [0.25, 0.3) is 0 Å². The number of rotatable bonds is 2. The highest BCUT2D eigenvalue weighted by molar-refractivity contribution is 6.02. The molecular weight excluding hydrogens is 300 g/mol. The number of aliphatic hydroxyl groups excluding tert-OH is 1. The van der Waals surface area contributed by atoms with Gasteiger partial charge in [-0.15, -0.1) is 0 Å².